The number of amides is 1. The lowest BCUT2D eigenvalue weighted by Gasteiger charge is -2.38. The lowest BCUT2D eigenvalue weighted by atomic mass is 9.87. The van der Waals surface area contributed by atoms with Crippen molar-refractivity contribution < 1.29 is 4.79 Å². The van der Waals surface area contributed by atoms with Gasteiger partial charge in [-0.1, -0.05) is 44.2 Å². The topological polar surface area (TPSA) is 32.3 Å². The number of nitrogens with one attached hydrogen (secondary N) is 1. The summed E-state index contributed by atoms with van der Waals surface area (Å²) in [5.74, 6) is 0.925. The summed E-state index contributed by atoms with van der Waals surface area (Å²) >= 11 is 0. The molecule has 4 heteroatoms. The molecule has 1 aromatic rings. The van der Waals surface area contributed by atoms with Gasteiger partial charge in [-0.15, -0.1) is 12.4 Å². The lowest BCUT2D eigenvalue weighted by molar-refractivity contribution is -0.139. The summed E-state index contributed by atoms with van der Waals surface area (Å²) in [6, 6.07) is 10.6. The SMILES string of the molecule is CCC(c1ccccc1)N(CC)C(=O)C(C)C1CNC1.Cl. The Morgan fingerprint density at radius 1 is 1.29 bits per heavy atom. The molecule has 1 amide bonds. The van der Waals surface area contributed by atoms with Gasteiger partial charge >= 0.3 is 0 Å². The highest BCUT2D eigenvalue weighted by Crippen LogP contribution is 2.28. The summed E-state index contributed by atoms with van der Waals surface area (Å²) in [6.45, 7) is 9.04. The molecule has 0 aromatic heterocycles. The summed E-state index contributed by atoms with van der Waals surface area (Å²) in [7, 11) is 0. The van der Waals surface area contributed by atoms with Crippen molar-refractivity contribution in [3.63, 3.8) is 0 Å². The highest BCUT2D eigenvalue weighted by Gasteiger charge is 2.33. The molecule has 118 valence electrons. The molecule has 1 aliphatic heterocycles. The predicted molar refractivity (Wildman–Crippen MR) is 89.6 cm³/mol. The van der Waals surface area contributed by atoms with Crippen LogP contribution in [0.5, 0.6) is 0 Å². The number of halogens is 1. The van der Waals surface area contributed by atoms with Crippen LogP contribution < -0.4 is 5.32 Å². The minimum atomic E-state index is 0. The van der Waals surface area contributed by atoms with Gasteiger partial charge in [-0.05, 0) is 37.9 Å². The van der Waals surface area contributed by atoms with Crippen LogP contribution in [0.25, 0.3) is 0 Å². The smallest absolute Gasteiger partial charge is 0.226 e. The highest BCUT2D eigenvalue weighted by molar-refractivity contribution is 5.85. The Bertz CT molecular complexity index is 434. The van der Waals surface area contributed by atoms with E-state index in [4.69, 9.17) is 0 Å². The van der Waals surface area contributed by atoms with Crippen molar-refractivity contribution in [3.05, 3.63) is 35.9 Å². The summed E-state index contributed by atoms with van der Waals surface area (Å²) in [6.07, 6.45) is 0.958. The van der Waals surface area contributed by atoms with Gasteiger partial charge in [-0.2, -0.15) is 0 Å². The number of hydrogen-bond acceptors (Lipinski definition) is 2. The molecule has 2 rings (SSSR count). The molecule has 0 bridgehead atoms. The van der Waals surface area contributed by atoms with E-state index < -0.39 is 0 Å². The number of nitrogens with zero attached hydrogens (tertiary/aromatic N) is 1. The zero-order chi connectivity index (χ0) is 14.5. The molecular weight excluding hydrogens is 284 g/mol. The second-order valence-corrected chi connectivity index (χ2v) is 5.67. The van der Waals surface area contributed by atoms with Gasteiger partial charge in [0.05, 0.1) is 6.04 Å². The Balaban J connectivity index is 0.00000220. The Morgan fingerprint density at radius 3 is 2.33 bits per heavy atom. The van der Waals surface area contributed by atoms with E-state index in [-0.39, 0.29) is 24.4 Å². The van der Waals surface area contributed by atoms with Gasteiger partial charge < -0.3 is 10.2 Å². The maximum Gasteiger partial charge on any atom is 0.226 e. The fraction of sp³-hybridized carbons (Fsp3) is 0.588. The molecule has 3 nitrogen and oxygen atoms in total. The Labute approximate surface area is 134 Å². The first-order valence-corrected chi connectivity index (χ1v) is 7.75. The van der Waals surface area contributed by atoms with Gasteiger partial charge in [0.2, 0.25) is 5.91 Å². The van der Waals surface area contributed by atoms with Crippen LogP contribution in [-0.4, -0.2) is 30.4 Å². The van der Waals surface area contributed by atoms with Crippen molar-refractivity contribution in [1.29, 1.82) is 0 Å². The molecule has 0 radical (unpaired) electrons. The Morgan fingerprint density at radius 2 is 1.90 bits per heavy atom. The maximum absolute atomic E-state index is 12.8. The van der Waals surface area contributed by atoms with Crippen LogP contribution in [0.4, 0.5) is 0 Å². The molecule has 1 saturated heterocycles. The highest BCUT2D eigenvalue weighted by atomic mass is 35.5. The fourth-order valence-corrected chi connectivity index (χ4v) is 2.97. The molecule has 0 spiro atoms. The molecule has 1 fully saturated rings. The zero-order valence-electron chi connectivity index (χ0n) is 13.2. The molecule has 0 saturated carbocycles. The first kappa shape index (κ1) is 18.0. The van der Waals surface area contributed by atoms with Crippen LogP contribution in [0.1, 0.15) is 38.8 Å². The van der Waals surface area contributed by atoms with Crippen molar-refractivity contribution in [2.45, 2.75) is 33.2 Å². The average Bonchev–Trinajstić information content (AvgIpc) is 2.43. The van der Waals surface area contributed by atoms with E-state index in [1.807, 2.05) is 6.07 Å². The van der Waals surface area contributed by atoms with Gasteiger partial charge in [0.15, 0.2) is 0 Å². The van der Waals surface area contributed by atoms with E-state index in [0.717, 1.165) is 26.1 Å². The summed E-state index contributed by atoms with van der Waals surface area (Å²) in [4.78, 5) is 14.8. The monoisotopic (exact) mass is 310 g/mol. The minimum Gasteiger partial charge on any atom is -0.336 e. The largest absolute Gasteiger partial charge is 0.336 e. The number of hydrogen-bond donors (Lipinski definition) is 1. The van der Waals surface area contributed by atoms with Gasteiger partial charge in [-0.25, -0.2) is 0 Å². The van der Waals surface area contributed by atoms with Gasteiger partial charge in [-0.3, -0.25) is 4.79 Å². The van der Waals surface area contributed by atoms with E-state index >= 15 is 0 Å². The molecule has 1 aromatic carbocycles. The molecule has 1 heterocycles. The van der Waals surface area contributed by atoms with E-state index in [2.05, 4.69) is 55.3 Å². The molecular formula is C17H27ClN2O. The number of benzene rings is 1. The average molecular weight is 311 g/mol. The van der Waals surface area contributed by atoms with E-state index in [0.29, 0.717) is 11.8 Å². The van der Waals surface area contributed by atoms with Gasteiger partial charge in [0.1, 0.15) is 0 Å². The van der Waals surface area contributed by atoms with E-state index in [9.17, 15) is 4.79 Å². The summed E-state index contributed by atoms with van der Waals surface area (Å²) in [5.41, 5.74) is 1.24. The van der Waals surface area contributed by atoms with Crippen molar-refractivity contribution in [3.8, 4) is 0 Å². The third-order valence-electron chi connectivity index (χ3n) is 4.48. The second-order valence-electron chi connectivity index (χ2n) is 5.67. The van der Waals surface area contributed by atoms with Crippen LogP contribution in [0.2, 0.25) is 0 Å². The maximum atomic E-state index is 12.8. The second kappa shape index (κ2) is 8.40. The first-order valence-electron chi connectivity index (χ1n) is 7.75. The normalized spacial score (nSPS) is 17.3. The predicted octanol–water partition coefficient (Wildman–Crippen LogP) is 3.26. The number of rotatable bonds is 6. The molecule has 2 unspecified atom stereocenters. The van der Waals surface area contributed by atoms with Crippen LogP contribution in [0.15, 0.2) is 30.3 Å². The fourth-order valence-electron chi connectivity index (χ4n) is 2.97. The quantitative estimate of drug-likeness (QED) is 0.874. The first-order chi connectivity index (χ1) is 9.69. The Hall–Kier alpha value is -1.06. The summed E-state index contributed by atoms with van der Waals surface area (Å²) < 4.78 is 0. The van der Waals surface area contributed by atoms with Gasteiger partial charge in [0.25, 0.3) is 0 Å². The minimum absolute atomic E-state index is 0. The molecule has 21 heavy (non-hydrogen) atoms. The zero-order valence-corrected chi connectivity index (χ0v) is 14.0. The standard InChI is InChI=1S/C17H26N2O.ClH/c1-4-16(14-9-7-6-8-10-14)19(5-2)17(20)13(3)15-11-18-12-15;/h6-10,13,15-16,18H,4-5,11-12H2,1-3H3;1H. The van der Waals surface area contributed by atoms with E-state index in [1.54, 1.807) is 0 Å². The van der Waals surface area contributed by atoms with Crippen molar-refractivity contribution in [1.82, 2.24) is 10.2 Å². The van der Waals surface area contributed by atoms with Crippen molar-refractivity contribution >= 4 is 18.3 Å². The van der Waals surface area contributed by atoms with Crippen LogP contribution in [-0.2, 0) is 4.79 Å². The Kier molecular flexibility index (Phi) is 7.20. The molecule has 0 aliphatic carbocycles. The van der Waals surface area contributed by atoms with Gasteiger partial charge in [0, 0.05) is 12.5 Å². The number of carbonyl (C=O) groups is 1. The third-order valence-corrected chi connectivity index (χ3v) is 4.48. The van der Waals surface area contributed by atoms with Crippen LogP contribution >= 0.6 is 12.4 Å². The van der Waals surface area contributed by atoms with Crippen molar-refractivity contribution in [2.24, 2.45) is 11.8 Å². The molecule has 1 N–H and O–H groups in total. The third kappa shape index (κ3) is 3.98. The number of carbonyl (C=O) groups excluding carboxylic acids is 1. The summed E-state index contributed by atoms with van der Waals surface area (Å²) in [5, 5.41) is 3.26. The van der Waals surface area contributed by atoms with E-state index in [1.165, 1.54) is 5.56 Å². The lowest BCUT2D eigenvalue weighted by Crippen LogP contribution is -2.50. The van der Waals surface area contributed by atoms with Crippen LogP contribution in [0, 0.1) is 11.8 Å². The molecule has 1 aliphatic rings. The van der Waals surface area contributed by atoms with Crippen LogP contribution in [0.3, 0.4) is 0 Å². The van der Waals surface area contributed by atoms with Crippen molar-refractivity contribution in [2.75, 3.05) is 19.6 Å². The molecule has 2 atom stereocenters.